The Balaban J connectivity index is 0.00000341. The number of aliphatic hydroxyl groups excluding tert-OH is 1. The van der Waals surface area contributed by atoms with E-state index in [0.29, 0.717) is 22.3 Å². The number of aliphatic hydroxyl groups is 1. The monoisotopic (exact) mass is 422 g/mol. The lowest BCUT2D eigenvalue weighted by Crippen LogP contribution is -2.35. The van der Waals surface area contributed by atoms with Gasteiger partial charge in [0.15, 0.2) is 11.6 Å². The van der Waals surface area contributed by atoms with Crippen LogP contribution in [0.2, 0.25) is 0 Å². The molecule has 0 aliphatic carbocycles. The summed E-state index contributed by atoms with van der Waals surface area (Å²) < 4.78 is 28.3. The third-order valence-corrected chi connectivity index (χ3v) is 4.72. The molecule has 0 radical (unpaired) electrons. The zero-order valence-corrected chi connectivity index (χ0v) is 16.5. The largest absolute Gasteiger partial charge is 0.394 e. The topological polar surface area (TPSA) is 73.1 Å². The van der Waals surface area contributed by atoms with Crippen molar-refractivity contribution in [2.75, 3.05) is 6.61 Å². The van der Waals surface area contributed by atoms with Crippen molar-refractivity contribution in [2.24, 2.45) is 0 Å². The van der Waals surface area contributed by atoms with Crippen LogP contribution in [0.1, 0.15) is 35.8 Å². The summed E-state index contributed by atoms with van der Waals surface area (Å²) >= 11 is 0. The highest BCUT2D eigenvalue weighted by molar-refractivity contribution is 5.97. The molecule has 0 spiro atoms. The molecule has 1 atom stereocenters. The molecule has 0 aliphatic heterocycles. The van der Waals surface area contributed by atoms with Crippen LogP contribution in [0.5, 0.6) is 0 Å². The summed E-state index contributed by atoms with van der Waals surface area (Å²) in [4.78, 5) is 12.7. The number of carbonyl (C=O) groups excluding carboxylic acids is 1. The second-order valence-corrected chi connectivity index (χ2v) is 7.12. The first-order valence-electron chi connectivity index (χ1n) is 9.36. The van der Waals surface area contributed by atoms with Crippen LogP contribution in [0.15, 0.2) is 54.6 Å². The van der Waals surface area contributed by atoms with E-state index in [2.05, 4.69) is 11.4 Å². The van der Waals surface area contributed by atoms with Gasteiger partial charge in [0, 0.05) is 17.2 Å². The molecular weight excluding hydrogens is 398 g/mol. The Kier molecular flexibility index (Phi) is 7.62. The number of hydrogen-bond donors (Lipinski definition) is 2. The standard InChI is InChI=1S/C24H20F2N2O2.CH4/c1-14-6-7-20(19(8-14)12-27)16-9-17(21-4-3-5-22(25)23(21)26)11-18(10-16)24(30)28-15(2)13-29;/h3-11,15,29H,13H2,1-2H3,(H,28,30);1H4/t15-;/m0./s1. The number of nitriles is 1. The molecule has 3 aromatic rings. The maximum Gasteiger partial charge on any atom is 0.251 e. The van der Waals surface area contributed by atoms with Gasteiger partial charge < -0.3 is 10.4 Å². The molecule has 0 unspecified atom stereocenters. The first-order chi connectivity index (χ1) is 14.3. The van der Waals surface area contributed by atoms with E-state index >= 15 is 0 Å². The van der Waals surface area contributed by atoms with Crippen LogP contribution in [0, 0.1) is 29.9 Å². The van der Waals surface area contributed by atoms with E-state index in [0.717, 1.165) is 11.6 Å². The summed E-state index contributed by atoms with van der Waals surface area (Å²) in [5, 5.41) is 21.4. The van der Waals surface area contributed by atoms with Crippen molar-refractivity contribution in [3.8, 4) is 28.3 Å². The van der Waals surface area contributed by atoms with Gasteiger partial charge in [-0.15, -0.1) is 0 Å². The highest BCUT2D eigenvalue weighted by Crippen LogP contribution is 2.32. The zero-order valence-electron chi connectivity index (χ0n) is 16.5. The smallest absolute Gasteiger partial charge is 0.251 e. The molecule has 0 aromatic heterocycles. The summed E-state index contributed by atoms with van der Waals surface area (Å²) in [6, 6.07) is 15.5. The fourth-order valence-corrected chi connectivity index (χ4v) is 3.15. The van der Waals surface area contributed by atoms with Crippen LogP contribution in [0.3, 0.4) is 0 Å². The average molecular weight is 422 g/mol. The second-order valence-electron chi connectivity index (χ2n) is 7.12. The van der Waals surface area contributed by atoms with Gasteiger partial charge in [0.25, 0.3) is 5.91 Å². The molecule has 0 heterocycles. The number of aryl methyl sites for hydroxylation is 1. The first-order valence-corrected chi connectivity index (χ1v) is 9.36. The van der Waals surface area contributed by atoms with Crippen molar-refractivity contribution in [3.05, 3.63) is 82.9 Å². The Morgan fingerprint density at radius 2 is 1.77 bits per heavy atom. The number of rotatable bonds is 5. The van der Waals surface area contributed by atoms with Gasteiger partial charge in [-0.1, -0.05) is 31.7 Å². The number of amides is 1. The molecule has 0 bridgehead atoms. The molecule has 0 aliphatic rings. The van der Waals surface area contributed by atoms with Crippen LogP contribution >= 0.6 is 0 Å². The van der Waals surface area contributed by atoms with E-state index < -0.39 is 23.6 Å². The third-order valence-electron chi connectivity index (χ3n) is 4.72. The van der Waals surface area contributed by atoms with E-state index in [1.165, 1.54) is 18.2 Å². The Morgan fingerprint density at radius 3 is 2.42 bits per heavy atom. The molecule has 4 nitrogen and oxygen atoms in total. The van der Waals surface area contributed by atoms with E-state index in [1.807, 2.05) is 13.0 Å². The van der Waals surface area contributed by atoms with Crippen LogP contribution in [-0.4, -0.2) is 23.7 Å². The fourth-order valence-electron chi connectivity index (χ4n) is 3.15. The predicted octanol–water partition coefficient (Wildman–Crippen LogP) is 5.23. The quantitative estimate of drug-likeness (QED) is 0.592. The highest BCUT2D eigenvalue weighted by Gasteiger charge is 2.17. The third kappa shape index (κ3) is 5.14. The van der Waals surface area contributed by atoms with Gasteiger partial charge in [-0.25, -0.2) is 8.78 Å². The number of carbonyl (C=O) groups is 1. The van der Waals surface area contributed by atoms with Gasteiger partial charge in [0.1, 0.15) is 0 Å². The van der Waals surface area contributed by atoms with E-state index in [9.17, 15) is 23.9 Å². The maximum absolute atomic E-state index is 14.5. The first kappa shape index (κ1) is 23.7. The second kappa shape index (κ2) is 9.96. The molecular formula is C25H24F2N2O2. The maximum atomic E-state index is 14.5. The SMILES string of the molecule is C.Cc1ccc(-c2cc(C(=O)N[C@@H](C)CO)cc(-c3cccc(F)c3F)c2)c(C#N)c1. The number of nitrogens with one attached hydrogen (secondary N) is 1. The van der Waals surface area contributed by atoms with Gasteiger partial charge >= 0.3 is 0 Å². The summed E-state index contributed by atoms with van der Waals surface area (Å²) in [5.74, 6) is -2.48. The lowest BCUT2D eigenvalue weighted by molar-refractivity contribution is 0.0922. The molecule has 1 amide bonds. The molecule has 160 valence electrons. The Morgan fingerprint density at radius 1 is 1.10 bits per heavy atom. The molecule has 0 saturated heterocycles. The van der Waals surface area contributed by atoms with Gasteiger partial charge in [-0.05, 0) is 66.4 Å². The fraction of sp³-hybridized carbons (Fsp3) is 0.200. The summed E-state index contributed by atoms with van der Waals surface area (Å²) in [5.41, 5.74) is 2.92. The molecule has 2 N–H and O–H groups in total. The van der Waals surface area contributed by atoms with Crippen LogP contribution in [-0.2, 0) is 0 Å². The number of benzene rings is 3. The minimum atomic E-state index is -1.02. The van der Waals surface area contributed by atoms with Crippen molar-refractivity contribution in [2.45, 2.75) is 27.3 Å². The van der Waals surface area contributed by atoms with Crippen LogP contribution in [0.4, 0.5) is 8.78 Å². The summed E-state index contributed by atoms with van der Waals surface area (Å²) in [6.45, 7) is 3.26. The molecule has 6 heteroatoms. The predicted molar refractivity (Wildman–Crippen MR) is 117 cm³/mol. The van der Waals surface area contributed by atoms with E-state index in [4.69, 9.17) is 0 Å². The van der Waals surface area contributed by atoms with Gasteiger partial charge in [0.2, 0.25) is 0 Å². The Bertz CT molecular complexity index is 1150. The zero-order chi connectivity index (χ0) is 21.8. The van der Waals surface area contributed by atoms with Gasteiger partial charge in [-0.3, -0.25) is 4.79 Å². The lowest BCUT2D eigenvalue weighted by atomic mass is 9.92. The molecule has 0 fully saturated rings. The number of nitrogens with zero attached hydrogens (tertiary/aromatic N) is 1. The Hall–Kier alpha value is -3.56. The Labute approximate surface area is 180 Å². The summed E-state index contributed by atoms with van der Waals surface area (Å²) in [6.07, 6.45) is 0. The minimum absolute atomic E-state index is 0. The van der Waals surface area contributed by atoms with Crippen molar-refractivity contribution in [1.82, 2.24) is 5.32 Å². The number of hydrogen-bond acceptors (Lipinski definition) is 3. The normalized spacial score (nSPS) is 11.2. The van der Waals surface area contributed by atoms with Gasteiger partial charge in [-0.2, -0.15) is 5.26 Å². The average Bonchev–Trinajstić information content (AvgIpc) is 2.74. The van der Waals surface area contributed by atoms with E-state index in [1.54, 1.807) is 31.2 Å². The highest BCUT2D eigenvalue weighted by atomic mass is 19.2. The lowest BCUT2D eigenvalue weighted by Gasteiger charge is -2.15. The minimum Gasteiger partial charge on any atom is -0.394 e. The van der Waals surface area contributed by atoms with Gasteiger partial charge in [0.05, 0.1) is 18.2 Å². The van der Waals surface area contributed by atoms with Crippen molar-refractivity contribution < 1.29 is 18.7 Å². The molecule has 3 rings (SSSR count). The number of halogens is 2. The van der Waals surface area contributed by atoms with Crippen molar-refractivity contribution >= 4 is 5.91 Å². The molecule has 0 saturated carbocycles. The molecule has 3 aromatic carbocycles. The molecule has 31 heavy (non-hydrogen) atoms. The van der Waals surface area contributed by atoms with E-state index in [-0.39, 0.29) is 25.2 Å². The van der Waals surface area contributed by atoms with Crippen molar-refractivity contribution in [3.63, 3.8) is 0 Å². The summed E-state index contributed by atoms with van der Waals surface area (Å²) in [7, 11) is 0. The van der Waals surface area contributed by atoms with Crippen LogP contribution < -0.4 is 5.32 Å². The van der Waals surface area contributed by atoms with Crippen molar-refractivity contribution in [1.29, 1.82) is 5.26 Å². The van der Waals surface area contributed by atoms with Crippen LogP contribution in [0.25, 0.3) is 22.3 Å².